The Kier molecular flexibility index (Phi) is 5.73. The highest BCUT2D eigenvalue weighted by molar-refractivity contribution is 5.76. The molecule has 5 fully saturated rings. The van der Waals surface area contributed by atoms with Crippen LogP contribution in [-0.2, 0) is 4.79 Å². The monoisotopic (exact) mass is 431 g/mol. The first-order chi connectivity index (χ1) is 14.7. The Morgan fingerprint density at radius 1 is 0.968 bits per heavy atom. The second-order valence-electron chi connectivity index (χ2n) is 12.8. The van der Waals surface area contributed by atoms with E-state index in [-0.39, 0.29) is 18.1 Å². The highest BCUT2D eigenvalue weighted by atomic mass is 16.3. The van der Waals surface area contributed by atoms with Crippen molar-refractivity contribution in [2.24, 2.45) is 46.3 Å². The number of rotatable bonds is 5. The zero-order valence-electron chi connectivity index (χ0n) is 20.0. The summed E-state index contributed by atoms with van der Waals surface area (Å²) in [5.41, 5.74) is 0.612. The summed E-state index contributed by atoms with van der Waals surface area (Å²) < 4.78 is 0. The van der Waals surface area contributed by atoms with Crippen LogP contribution >= 0.6 is 0 Å². The summed E-state index contributed by atoms with van der Waals surface area (Å²) in [6.07, 6.45) is 12.5. The molecule has 4 heteroatoms. The summed E-state index contributed by atoms with van der Waals surface area (Å²) in [5, 5.41) is 24.8. The van der Waals surface area contributed by atoms with E-state index >= 15 is 0 Å². The van der Waals surface area contributed by atoms with Crippen molar-refractivity contribution in [1.29, 1.82) is 0 Å². The first-order valence-electron chi connectivity index (χ1n) is 13.4. The lowest BCUT2D eigenvalue weighted by molar-refractivity contribution is -0.174. The van der Waals surface area contributed by atoms with Crippen molar-refractivity contribution in [3.8, 4) is 0 Å². The molecule has 10 atom stereocenters. The van der Waals surface area contributed by atoms with Crippen molar-refractivity contribution in [3.05, 3.63) is 0 Å². The van der Waals surface area contributed by atoms with E-state index in [9.17, 15) is 15.0 Å². The second-order valence-corrected chi connectivity index (χ2v) is 12.8. The third kappa shape index (κ3) is 3.78. The molecule has 0 aliphatic heterocycles. The van der Waals surface area contributed by atoms with Crippen LogP contribution < -0.4 is 5.32 Å². The van der Waals surface area contributed by atoms with Gasteiger partial charge in [-0.25, -0.2) is 0 Å². The van der Waals surface area contributed by atoms with Crippen LogP contribution in [0, 0.1) is 46.3 Å². The largest absolute Gasteiger partial charge is 0.393 e. The maximum atomic E-state index is 12.2. The van der Waals surface area contributed by atoms with Gasteiger partial charge >= 0.3 is 0 Å². The van der Waals surface area contributed by atoms with E-state index in [0.29, 0.717) is 58.8 Å². The smallest absolute Gasteiger partial charge is 0.220 e. The Morgan fingerprint density at radius 2 is 1.68 bits per heavy atom. The van der Waals surface area contributed by atoms with Crippen molar-refractivity contribution in [1.82, 2.24) is 5.32 Å². The Balaban J connectivity index is 1.28. The van der Waals surface area contributed by atoms with Crippen molar-refractivity contribution in [2.75, 3.05) is 0 Å². The van der Waals surface area contributed by atoms with Crippen LogP contribution in [-0.4, -0.2) is 34.4 Å². The van der Waals surface area contributed by atoms with Gasteiger partial charge in [-0.2, -0.15) is 0 Å². The topological polar surface area (TPSA) is 69.6 Å². The van der Waals surface area contributed by atoms with Crippen LogP contribution in [0.25, 0.3) is 0 Å². The normalized spacial score (nSPS) is 50.2. The summed E-state index contributed by atoms with van der Waals surface area (Å²) in [6.45, 7) is 7.40. The number of carbonyl (C=O) groups is 1. The molecule has 1 amide bonds. The van der Waals surface area contributed by atoms with Gasteiger partial charge < -0.3 is 15.5 Å². The Labute approximate surface area is 188 Å². The summed E-state index contributed by atoms with van der Waals surface area (Å²) >= 11 is 0. The minimum absolute atomic E-state index is 0.162. The lowest BCUT2D eigenvalue weighted by Gasteiger charge is -2.62. The highest BCUT2D eigenvalue weighted by Crippen LogP contribution is 2.68. The van der Waals surface area contributed by atoms with Crippen molar-refractivity contribution in [3.63, 3.8) is 0 Å². The molecule has 0 aromatic heterocycles. The van der Waals surface area contributed by atoms with Gasteiger partial charge in [-0.1, -0.05) is 20.8 Å². The molecule has 0 aromatic carbocycles. The van der Waals surface area contributed by atoms with Gasteiger partial charge in [0.05, 0.1) is 12.2 Å². The van der Waals surface area contributed by atoms with E-state index in [2.05, 4.69) is 26.1 Å². The molecule has 0 aromatic rings. The summed E-state index contributed by atoms with van der Waals surface area (Å²) in [7, 11) is 0. The van der Waals surface area contributed by atoms with Gasteiger partial charge in [-0.05, 0) is 117 Å². The van der Waals surface area contributed by atoms with Gasteiger partial charge in [-0.15, -0.1) is 0 Å². The molecule has 3 N–H and O–H groups in total. The summed E-state index contributed by atoms with van der Waals surface area (Å²) in [4.78, 5) is 12.2. The molecule has 4 nitrogen and oxygen atoms in total. The third-order valence-electron chi connectivity index (χ3n) is 11.2. The maximum absolute atomic E-state index is 12.2. The van der Waals surface area contributed by atoms with Gasteiger partial charge in [-0.3, -0.25) is 4.79 Å². The van der Waals surface area contributed by atoms with Gasteiger partial charge in [0.2, 0.25) is 5.91 Å². The number of hydrogen-bond acceptors (Lipinski definition) is 3. The van der Waals surface area contributed by atoms with E-state index in [1.165, 1.54) is 25.7 Å². The predicted octanol–water partition coefficient (Wildman–Crippen LogP) is 4.67. The molecular weight excluding hydrogens is 386 g/mol. The first-order valence-corrected chi connectivity index (χ1v) is 13.4. The number of fused-ring (bicyclic) bond motifs is 5. The van der Waals surface area contributed by atoms with E-state index < -0.39 is 0 Å². The lowest BCUT2D eigenvalue weighted by Crippen LogP contribution is -2.58. The molecular formula is C27H45NO3. The molecule has 5 rings (SSSR count). The number of aliphatic hydroxyl groups excluding tert-OH is 2. The van der Waals surface area contributed by atoms with Crippen LogP contribution in [0.5, 0.6) is 0 Å². The molecule has 0 unspecified atom stereocenters. The Hall–Kier alpha value is -0.610. The minimum Gasteiger partial charge on any atom is -0.393 e. The molecule has 5 aliphatic rings. The van der Waals surface area contributed by atoms with Crippen molar-refractivity contribution < 1.29 is 15.0 Å². The van der Waals surface area contributed by atoms with Crippen molar-refractivity contribution >= 4 is 5.91 Å². The second kappa shape index (κ2) is 8.01. The molecule has 0 saturated heterocycles. The van der Waals surface area contributed by atoms with E-state index in [1.54, 1.807) is 0 Å². The fourth-order valence-corrected chi connectivity index (χ4v) is 9.26. The molecule has 31 heavy (non-hydrogen) atoms. The summed E-state index contributed by atoms with van der Waals surface area (Å²) in [6, 6.07) is 0.463. The standard InChI is InChI=1S/C27H45NO3/c1-16(4-9-24(31)28-18-5-6-18)20-7-8-21-25-22(11-13-27(20,21)3)26(2)12-10-19(29)14-17(26)15-23(25)30/h16-23,25,29-30H,4-15H2,1-3H3,(H,28,31)/t16-,17+,19-,20+,21-,22+,23+,25+,26+,27-/m1/s1. The van der Waals surface area contributed by atoms with Crippen LogP contribution in [0.15, 0.2) is 0 Å². The number of hydrogen-bond donors (Lipinski definition) is 3. The van der Waals surface area contributed by atoms with Gasteiger partial charge in [0.15, 0.2) is 0 Å². The fourth-order valence-electron chi connectivity index (χ4n) is 9.26. The molecule has 0 heterocycles. The number of amides is 1. The maximum Gasteiger partial charge on any atom is 0.220 e. The van der Waals surface area contributed by atoms with Gasteiger partial charge in [0, 0.05) is 12.5 Å². The highest BCUT2D eigenvalue weighted by Gasteiger charge is 2.62. The average molecular weight is 432 g/mol. The minimum atomic E-state index is -0.198. The molecule has 5 aliphatic carbocycles. The number of aliphatic hydroxyl groups is 2. The molecule has 176 valence electrons. The van der Waals surface area contributed by atoms with E-state index in [0.717, 1.165) is 44.9 Å². The molecule has 0 radical (unpaired) electrons. The van der Waals surface area contributed by atoms with Crippen LogP contribution in [0.1, 0.15) is 97.8 Å². The molecule has 5 saturated carbocycles. The average Bonchev–Trinajstić information content (AvgIpc) is 3.46. The third-order valence-corrected chi connectivity index (χ3v) is 11.2. The van der Waals surface area contributed by atoms with Crippen LogP contribution in [0.4, 0.5) is 0 Å². The number of nitrogens with one attached hydrogen (secondary N) is 1. The van der Waals surface area contributed by atoms with Crippen molar-refractivity contribution in [2.45, 2.75) is 116 Å². The zero-order valence-corrected chi connectivity index (χ0v) is 20.0. The van der Waals surface area contributed by atoms with Gasteiger partial charge in [0.25, 0.3) is 0 Å². The first kappa shape index (κ1) is 22.2. The predicted molar refractivity (Wildman–Crippen MR) is 122 cm³/mol. The van der Waals surface area contributed by atoms with Crippen LogP contribution in [0.3, 0.4) is 0 Å². The lowest BCUT2D eigenvalue weighted by atomic mass is 9.43. The molecule has 0 bridgehead atoms. The van der Waals surface area contributed by atoms with E-state index in [1.807, 2.05) is 0 Å². The Morgan fingerprint density at radius 3 is 2.42 bits per heavy atom. The quantitative estimate of drug-likeness (QED) is 0.592. The Bertz CT molecular complexity index is 692. The fraction of sp³-hybridized carbons (Fsp3) is 0.963. The van der Waals surface area contributed by atoms with E-state index in [4.69, 9.17) is 0 Å². The SMILES string of the molecule is C[C@H](CCC(=O)NC1CC1)[C@@H]1CC[C@@H]2[C@@H]3[C@@H](O)C[C@@H]4C[C@H](O)CC[C@]4(C)[C@H]3CC[C@@]21C. The molecule has 0 spiro atoms. The summed E-state index contributed by atoms with van der Waals surface area (Å²) in [5.74, 6) is 3.66. The van der Waals surface area contributed by atoms with Crippen LogP contribution in [0.2, 0.25) is 0 Å². The zero-order chi connectivity index (χ0) is 22.0. The van der Waals surface area contributed by atoms with Gasteiger partial charge in [0.1, 0.15) is 0 Å². The number of carbonyl (C=O) groups excluding carboxylic acids is 1.